The molecule has 0 spiro atoms. The van der Waals surface area contributed by atoms with Gasteiger partial charge in [0, 0.05) is 18.5 Å². The van der Waals surface area contributed by atoms with Crippen LogP contribution in [-0.2, 0) is 0 Å². The molecule has 0 aliphatic heterocycles. The van der Waals surface area contributed by atoms with Crippen molar-refractivity contribution in [2.24, 2.45) is 0 Å². The summed E-state index contributed by atoms with van der Waals surface area (Å²) in [5.74, 6) is 0.0313. The number of pyridine rings is 1. The van der Waals surface area contributed by atoms with Gasteiger partial charge in [-0.2, -0.15) is 0 Å². The van der Waals surface area contributed by atoms with Gasteiger partial charge in [-0.3, -0.25) is 9.59 Å². The molecule has 0 bridgehead atoms. The second-order valence-electron chi connectivity index (χ2n) is 3.32. The highest BCUT2D eigenvalue weighted by Gasteiger charge is 2.13. The number of nitrogens with zero attached hydrogens (tertiary/aromatic N) is 1. The fraction of sp³-hybridized carbons (Fsp3) is 0.100. The van der Waals surface area contributed by atoms with Crippen molar-refractivity contribution in [1.29, 1.82) is 0 Å². The highest BCUT2D eigenvalue weighted by Crippen LogP contribution is 2.08. The van der Waals surface area contributed by atoms with E-state index in [4.69, 9.17) is 4.52 Å². The van der Waals surface area contributed by atoms with Crippen LogP contribution in [0.3, 0.4) is 0 Å². The SMILES string of the molecule is Cc1cc(C(=O)Nc2c[nH]cc(Br)c2=O)no1. The molecule has 88 valence electrons. The predicted octanol–water partition coefficient (Wildman–Crippen LogP) is 1.69. The number of halogens is 1. The maximum Gasteiger partial charge on any atom is 0.277 e. The van der Waals surface area contributed by atoms with Crippen molar-refractivity contribution in [2.75, 3.05) is 5.32 Å². The summed E-state index contributed by atoms with van der Waals surface area (Å²) in [4.78, 5) is 26.0. The van der Waals surface area contributed by atoms with Crippen molar-refractivity contribution in [3.63, 3.8) is 0 Å². The summed E-state index contributed by atoms with van der Waals surface area (Å²) in [5, 5.41) is 6.00. The average Bonchev–Trinajstić information content (AvgIpc) is 2.72. The van der Waals surface area contributed by atoms with Crippen molar-refractivity contribution < 1.29 is 9.32 Å². The lowest BCUT2D eigenvalue weighted by Gasteiger charge is -2.01. The number of aromatic amines is 1. The Bertz CT molecular complexity index is 617. The van der Waals surface area contributed by atoms with E-state index in [0.29, 0.717) is 10.2 Å². The molecule has 0 saturated heterocycles. The molecule has 0 aliphatic carbocycles. The summed E-state index contributed by atoms with van der Waals surface area (Å²) < 4.78 is 5.11. The third-order valence-corrected chi connectivity index (χ3v) is 2.60. The third kappa shape index (κ3) is 2.44. The van der Waals surface area contributed by atoms with Crippen LogP contribution in [0.15, 0.2) is 32.3 Å². The molecular formula is C10H8BrN3O3. The van der Waals surface area contributed by atoms with Gasteiger partial charge in [-0.1, -0.05) is 5.16 Å². The van der Waals surface area contributed by atoms with Crippen LogP contribution in [-0.4, -0.2) is 16.0 Å². The molecule has 0 atom stereocenters. The quantitative estimate of drug-likeness (QED) is 0.883. The van der Waals surface area contributed by atoms with Crippen molar-refractivity contribution in [1.82, 2.24) is 10.1 Å². The smallest absolute Gasteiger partial charge is 0.277 e. The lowest BCUT2D eigenvalue weighted by Crippen LogP contribution is -2.19. The van der Waals surface area contributed by atoms with Gasteiger partial charge in [0.1, 0.15) is 11.4 Å². The first-order valence-corrected chi connectivity index (χ1v) is 5.48. The number of aryl methyl sites for hydroxylation is 1. The fourth-order valence-electron chi connectivity index (χ4n) is 1.21. The summed E-state index contributed by atoms with van der Waals surface area (Å²) >= 11 is 3.07. The zero-order chi connectivity index (χ0) is 12.4. The second kappa shape index (κ2) is 4.54. The Hall–Kier alpha value is -1.89. The molecule has 0 radical (unpaired) electrons. The van der Waals surface area contributed by atoms with Gasteiger partial charge in [0.25, 0.3) is 5.91 Å². The van der Waals surface area contributed by atoms with Crippen LogP contribution in [0.2, 0.25) is 0 Å². The van der Waals surface area contributed by atoms with Gasteiger partial charge in [-0.25, -0.2) is 0 Å². The van der Waals surface area contributed by atoms with Crippen molar-refractivity contribution in [3.8, 4) is 0 Å². The van der Waals surface area contributed by atoms with Gasteiger partial charge < -0.3 is 14.8 Å². The fourth-order valence-corrected chi connectivity index (χ4v) is 1.56. The lowest BCUT2D eigenvalue weighted by molar-refractivity contribution is 0.101. The Labute approximate surface area is 104 Å². The predicted molar refractivity (Wildman–Crippen MR) is 64.0 cm³/mol. The summed E-state index contributed by atoms with van der Waals surface area (Å²) in [7, 11) is 0. The van der Waals surface area contributed by atoms with E-state index in [-0.39, 0.29) is 16.8 Å². The van der Waals surface area contributed by atoms with Gasteiger partial charge in [-0.15, -0.1) is 0 Å². The van der Waals surface area contributed by atoms with Crippen LogP contribution in [0.5, 0.6) is 0 Å². The van der Waals surface area contributed by atoms with Crippen LogP contribution in [0.25, 0.3) is 0 Å². The number of H-pyrrole nitrogens is 1. The molecule has 2 rings (SSSR count). The van der Waals surface area contributed by atoms with Crippen molar-refractivity contribution >= 4 is 27.5 Å². The maximum atomic E-state index is 11.7. The van der Waals surface area contributed by atoms with E-state index in [9.17, 15) is 9.59 Å². The van der Waals surface area contributed by atoms with Crippen LogP contribution >= 0.6 is 15.9 Å². The summed E-state index contributed by atoms with van der Waals surface area (Å²) in [6.45, 7) is 1.68. The number of carbonyl (C=O) groups excluding carboxylic acids is 1. The number of hydrogen-bond acceptors (Lipinski definition) is 4. The largest absolute Gasteiger partial charge is 0.365 e. The maximum absolute atomic E-state index is 11.7. The Balaban J connectivity index is 2.25. The highest BCUT2D eigenvalue weighted by atomic mass is 79.9. The normalized spacial score (nSPS) is 10.2. The van der Waals surface area contributed by atoms with Gasteiger partial charge in [0.2, 0.25) is 5.43 Å². The molecule has 17 heavy (non-hydrogen) atoms. The minimum Gasteiger partial charge on any atom is -0.365 e. The van der Waals surface area contributed by atoms with E-state index in [1.165, 1.54) is 18.5 Å². The standard InChI is InChI=1S/C10H8BrN3O3/c1-5-2-7(14-17-5)10(16)13-8-4-12-3-6(11)9(8)15/h2-4H,1H3,(H,12,15)(H,13,16). The van der Waals surface area contributed by atoms with Crippen LogP contribution in [0.4, 0.5) is 5.69 Å². The molecule has 0 aromatic carbocycles. The monoisotopic (exact) mass is 297 g/mol. The minimum absolute atomic E-state index is 0.127. The first-order valence-electron chi connectivity index (χ1n) is 4.69. The molecule has 0 saturated carbocycles. The Morgan fingerprint density at radius 1 is 1.53 bits per heavy atom. The Kier molecular flexibility index (Phi) is 3.10. The summed E-state index contributed by atoms with van der Waals surface area (Å²) in [6.07, 6.45) is 2.89. The summed E-state index contributed by atoms with van der Waals surface area (Å²) in [5.41, 5.74) is -0.0378. The number of rotatable bonds is 2. The molecule has 2 aromatic rings. The van der Waals surface area contributed by atoms with Gasteiger partial charge in [-0.05, 0) is 22.9 Å². The molecule has 2 aromatic heterocycles. The summed E-state index contributed by atoms with van der Waals surface area (Å²) in [6, 6.07) is 1.49. The molecule has 0 fully saturated rings. The van der Waals surface area contributed by atoms with Crippen LogP contribution in [0.1, 0.15) is 16.2 Å². The molecule has 2 heterocycles. The van der Waals surface area contributed by atoms with E-state index >= 15 is 0 Å². The molecule has 6 nitrogen and oxygen atoms in total. The van der Waals surface area contributed by atoms with Crippen molar-refractivity contribution in [2.45, 2.75) is 6.92 Å². The minimum atomic E-state index is -0.495. The van der Waals surface area contributed by atoms with E-state index < -0.39 is 5.91 Å². The van der Waals surface area contributed by atoms with E-state index in [0.717, 1.165) is 0 Å². The van der Waals surface area contributed by atoms with Crippen LogP contribution in [0, 0.1) is 6.92 Å². The van der Waals surface area contributed by atoms with Crippen molar-refractivity contribution in [3.05, 3.63) is 44.6 Å². The first kappa shape index (κ1) is 11.6. The molecular weight excluding hydrogens is 290 g/mol. The van der Waals surface area contributed by atoms with Gasteiger partial charge in [0.15, 0.2) is 5.69 Å². The van der Waals surface area contributed by atoms with Crippen LogP contribution < -0.4 is 10.7 Å². The van der Waals surface area contributed by atoms with Gasteiger partial charge >= 0.3 is 0 Å². The van der Waals surface area contributed by atoms with E-state index in [1.807, 2.05) is 0 Å². The Morgan fingerprint density at radius 3 is 2.94 bits per heavy atom. The molecule has 7 heteroatoms. The molecule has 1 amide bonds. The number of hydrogen-bond donors (Lipinski definition) is 2. The Morgan fingerprint density at radius 2 is 2.29 bits per heavy atom. The first-order chi connectivity index (χ1) is 8.08. The number of anilines is 1. The molecule has 2 N–H and O–H groups in total. The van der Waals surface area contributed by atoms with E-state index in [2.05, 4.69) is 31.4 Å². The topological polar surface area (TPSA) is 88.0 Å². The molecule has 0 aliphatic rings. The highest BCUT2D eigenvalue weighted by molar-refractivity contribution is 9.10. The average molecular weight is 298 g/mol. The lowest BCUT2D eigenvalue weighted by atomic mass is 10.3. The van der Waals surface area contributed by atoms with Gasteiger partial charge in [0.05, 0.1) is 4.47 Å². The number of carbonyl (C=O) groups is 1. The number of nitrogens with one attached hydrogen (secondary N) is 2. The zero-order valence-corrected chi connectivity index (χ0v) is 10.4. The number of aromatic nitrogens is 2. The third-order valence-electron chi connectivity index (χ3n) is 2.01. The zero-order valence-electron chi connectivity index (χ0n) is 8.78. The van der Waals surface area contributed by atoms with E-state index in [1.54, 1.807) is 6.92 Å². The molecule has 0 unspecified atom stereocenters. The second-order valence-corrected chi connectivity index (χ2v) is 4.18. The number of amides is 1.